The normalized spacial score (nSPS) is 15.8. The first-order chi connectivity index (χ1) is 16.3. The van der Waals surface area contributed by atoms with Crippen molar-refractivity contribution in [3.05, 3.63) is 96.4 Å². The molecule has 6 nitrogen and oxygen atoms in total. The lowest BCUT2D eigenvalue weighted by Crippen LogP contribution is -2.39. The largest absolute Gasteiger partial charge is 0.463 e. The Morgan fingerprint density at radius 1 is 1.18 bits per heavy atom. The predicted molar refractivity (Wildman–Crippen MR) is 120 cm³/mol. The fraction of sp³-hybridized carbons (Fsp3) is 0.208. The van der Waals surface area contributed by atoms with E-state index in [9.17, 15) is 22.8 Å². The van der Waals surface area contributed by atoms with Crippen molar-refractivity contribution in [3.63, 3.8) is 0 Å². The van der Waals surface area contributed by atoms with Crippen LogP contribution < -0.4 is 19.6 Å². The van der Waals surface area contributed by atoms with Crippen LogP contribution in [0.15, 0.2) is 69.6 Å². The first-order valence-electron chi connectivity index (χ1n) is 10.3. The van der Waals surface area contributed by atoms with E-state index in [-0.39, 0.29) is 17.9 Å². The maximum Gasteiger partial charge on any atom is 0.387 e. The number of thiazole rings is 1. The number of carbonyl (C=O) groups excluding carboxylic acids is 1. The Labute approximate surface area is 195 Å². The Morgan fingerprint density at radius 2 is 1.85 bits per heavy atom. The quantitative estimate of drug-likeness (QED) is 0.498. The van der Waals surface area contributed by atoms with Crippen molar-refractivity contribution < 1.29 is 27.4 Å². The highest BCUT2D eigenvalue weighted by Crippen LogP contribution is 2.30. The number of allylic oxidation sites excluding steroid dienone is 1. The zero-order valence-electron chi connectivity index (χ0n) is 18.1. The smallest absolute Gasteiger partial charge is 0.387 e. The minimum Gasteiger partial charge on any atom is -0.463 e. The fourth-order valence-corrected chi connectivity index (χ4v) is 4.70. The molecular weight excluding hydrogens is 469 g/mol. The summed E-state index contributed by atoms with van der Waals surface area (Å²) in [6, 6.07) is 10.5. The number of carbonyl (C=O) groups is 1. The highest BCUT2D eigenvalue weighted by Gasteiger charge is 2.33. The minimum atomic E-state index is -2.93. The minimum absolute atomic E-state index is 0.000349. The van der Waals surface area contributed by atoms with Crippen molar-refractivity contribution in [2.45, 2.75) is 26.5 Å². The first kappa shape index (κ1) is 23.5. The zero-order chi connectivity index (χ0) is 24.4. The van der Waals surface area contributed by atoms with Gasteiger partial charge in [0.25, 0.3) is 5.56 Å². The van der Waals surface area contributed by atoms with Gasteiger partial charge in [-0.05, 0) is 55.3 Å². The second-order valence-electron chi connectivity index (χ2n) is 7.30. The molecule has 0 N–H and O–H groups in total. The number of rotatable bonds is 6. The van der Waals surface area contributed by atoms with E-state index >= 15 is 0 Å². The van der Waals surface area contributed by atoms with Crippen molar-refractivity contribution in [1.29, 1.82) is 0 Å². The topological polar surface area (TPSA) is 69.9 Å². The summed E-state index contributed by atoms with van der Waals surface area (Å²) in [6.45, 7) is 0.536. The van der Waals surface area contributed by atoms with Crippen molar-refractivity contribution >= 4 is 23.4 Å². The van der Waals surface area contributed by atoms with Crippen LogP contribution >= 0.6 is 11.3 Å². The van der Waals surface area contributed by atoms with Crippen LogP contribution in [0.4, 0.5) is 13.2 Å². The monoisotopic (exact) mass is 488 g/mol. The van der Waals surface area contributed by atoms with E-state index in [4.69, 9.17) is 4.74 Å². The van der Waals surface area contributed by atoms with E-state index in [1.165, 1.54) is 41.0 Å². The van der Waals surface area contributed by atoms with Crippen LogP contribution in [0.3, 0.4) is 0 Å². The molecule has 0 radical (unpaired) electrons. The van der Waals surface area contributed by atoms with Crippen LogP contribution in [0.5, 0.6) is 5.75 Å². The molecule has 0 saturated heterocycles. The van der Waals surface area contributed by atoms with Crippen LogP contribution in [0.2, 0.25) is 0 Å². The third kappa shape index (κ3) is 4.67. The lowest BCUT2D eigenvalue weighted by molar-refractivity contribution is -0.139. The maximum atomic E-state index is 13.6. The molecule has 1 atom stereocenters. The second kappa shape index (κ2) is 9.68. The highest BCUT2D eigenvalue weighted by molar-refractivity contribution is 7.07. The Kier molecular flexibility index (Phi) is 6.69. The van der Waals surface area contributed by atoms with Gasteiger partial charge in [0.15, 0.2) is 4.80 Å². The number of alkyl halides is 2. The molecule has 2 heterocycles. The molecule has 3 aromatic rings. The summed E-state index contributed by atoms with van der Waals surface area (Å²) in [5.41, 5.74) is 1.31. The van der Waals surface area contributed by atoms with Crippen molar-refractivity contribution in [2.24, 2.45) is 4.99 Å². The number of benzene rings is 2. The number of halogens is 3. The summed E-state index contributed by atoms with van der Waals surface area (Å²) >= 11 is 1.12. The molecular formula is C24H19F3N2O4S. The summed E-state index contributed by atoms with van der Waals surface area (Å²) in [6.07, 6.45) is 1.60. The molecule has 4 rings (SSSR count). The second-order valence-corrected chi connectivity index (χ2v) is 8.31. The molecule has 34 heavy (non-hydrogen) atoms. The molecule has 1 aromatic heterocycles. The van der Waals surface area contributed by atoms with Gasteiger partial charge in [0, 0.05) is 0 Å². The van der Waals surface area contributed by atoms with Crippen molar-refractivity contribution in [1.82, 2.24) is 4.57 Å². The molecule has 0 bridgehead atoms. The van der Waals surface area contributed by atoms with E-state index < -0.39 is 30.0 Å². The summed E-state index contributed by atoms with van der Waals surface area (Å²) in [5.74, 6) is -1.06. The molecule has 1 aliphatic rings. The number of esters is 1. The van der Waals surface area contributed by atoms with Crippen LogP contribution in [0.1, 0.15) is 31.0 Å². The Balaban J connectivity index is 1.85. The number of fused-ring (bicyclic) bond motifs is 1. The van der Waals surface area contributed by atoms with Gasteiger partial charge in [-0.25, -0.2) is 14.2 Å². The summed E-state index contributed by atoms with van der Waals surface area (Å²) in [4.78, 5) is 31.0. The molecule has 0 fully saturated rings. The van der Waals surface area contributed by atoms with Gasteiger partial charge in [0.2, 0.25) is 0 Å². The van der Waals surface area contributed by atoms with Gasteiger partial charge in [0.05, 0.1) is 28.5 Å². The summed E-state index contributed by atoms with van der Waals surface area (Å²) in [7, 11) is 0. The number of nitrogens with zero attached hydrogens (tertiary/aromatic N) is 2. The van der Waals surface area contributed by atoms with Crippen molar-refractivity contribution in [2.75, 3.05) is 6.61 Å². The van der Waals surface area contributed by atoms with Crippen LogP contribution in [-0.2, 0) is 9.53 Å². The van der Waals surface area contributed by atoms with Crippen LogP contribution in [0, 0.1) is 5.82 Å². The highest BCUT2D eigenvalue weighted by atomic mass is 32.1. The van der Waals surface area contributed by atoms with Gasteiger partial charge in [0.1, 0.15) is 11.6 Å². The van der Waals surface area contributed by atoms with Gasteiger partial charge in [-0.2, -0.15) is 8.78 Å². The molecule has 10 heteroatoms. The third-order valence-electron chi connectivity index (χ3n) is 5.11. The number of ether oxygens (including phenoxy) is 2. The van der Waals surface area contributed by atoms with E-state index in [0.29, 0.717) is 26.2 Å². The average molecular weight is 488 g/mol. The Morgan fingerprint density at radius 3 is 2.47 bits per heavy atom. The van der Waals surface area contributed by atoms with E-state index in [1.807, 2.05) is 0 Å². The van der Waals surface area contributed by atoms with Crippen LogP contribution in [-0.4, -0.2) is 23.8 Å². The molecule has 2 aromatic carbocycles. The Hall–Kier alpha value is -3.66. The lowest BCUT2D eigenvalue weighted by atomic mass is 9.96. The molecule has 0 amide bonds. The number of hydrogen-bond acceptors (Lipinski definition) is 6. The molecule has 0 unspecified atom stereocenters. The molecule has 0 spiro atoms. The van der Waals surface area contributed by atoms with Crippen molar-refractivity contribution in [3.8, 4) is 5.75 Å². The first-order valence-corrected chi connectivity index (χ1v) is 11.1. The van der Waals surface area contributed by atoms with Gasteiger partial charge in [-0.1, -0.05) is 35.6 Å². The average Bonchev–Trinajstić information content (AvgIpc) is 3.09. The van der Waals surface area contributed by atoms with E-state index in [2.05, 4.69) is 9.73 Å². The SMILES string of the molecule is CCOC(=O)C1=C(C)N=c2sc(=Cc3ccc(OC(F)F)cc3)c(=O)n2[C@@H]1c1ccc(F)cc1. The van der Waals surface area contributed by atoms with E-state index in [0.717, 1.165) is 11.3 Å². The van der Waals surface area contributed by atoms with Gasteiger partial charge < -0.3 is 9.47 Å². The molecule has 1 aliphatic heterocycles. The third-order valence-corrected chi connectivity index (χ3v) is 6.09. The van der Waals surface area contributed by atoms with Crippen LogP contribution in [0.25, 0.3) is 6.08 Å². The molecule has 0 saturated carbocycles. The van der Waals surface area contributed by atoms with Gasteiger partial charge in [-0.3, -0.25) is 9.36 Å². The summed E-state index contributed by atoms with van der Waals surface area (Å²) in [5, 5.41) is 0. The number of aromatic nitrogens is 1. The number of hydrogen-bond donors (Lipinski definition) is 0. The van der Waals surface area contributed by atoms with Gasteiger partial charge in [-0.15, -0.1) is 0 Å². The maximum absolute atomic E-state index is 13.6. The molecule has 0 aliphatic carbocycles. The Bertz CT molecular complexity index is 1420. The standard InChI is InChI=1S/C24H19F3N2O4S/c1-3-32-22(31)19-13(2)28-24-29(20(19)15-6-8-16(25)9-7-15)21(30)18(34-24)12-14-4-10-17(11-5-14)33-23(26)27/h4-12,20,23H,3H2,1-2H3/t20-/m1/s1. The van der Waals surface area contributed by atoms with Gasteiger partial charge >= 0.3 is 12.6 Å². The molecule has 176 valence electrons. The fourth-order valence-electron chi connectivity index (χ4n) is 3.65. The lowest BCUT2D eigenvalue weighted by Gasteiger charge is -2.24. The zero-order valence-corrected chi connectivity index (χ0v) is 18.9. The predicted octanol–water partition coefficient (Wildman–Crippen LogP) is 3.54. The van der Waals surface area contributed by atoms with E-state index in [1.54, 1.807) is 32.1 Å². The summed E-state index contributed by atoms with van der Waals surface area (Å²) < 4.78 is 49.6.